The first-order valence-corrected chi connectivity index (χ1v) is 4.59. The molecule has 0 aliphatic rings. The molecule has 2 atom stereocenters. The number of nitrogens with one attached hydrogen (secondary N) is 1. The molecule has 0 aromatic heterocycles. The lowest BCUT2D eigenvalue weighted by molar-refractivity contribution is -0.142. The van der Waals surface area contributed by atoms with Gasteiger partial charge in [-0.1, -0.05) is 26.8 Å². The molecule has 4 heteroatoms. The predicted octanol–water partition coefficient (Wildman–Crippen LogP) is 1.18. The molecule has 0 rings (SSSR count). The average Bonchev–Trinajstić information content (AvgIpc) is 2.11. The first-order chi connectivity index (χ1) is 6.40. The number of amides is 1. The number of carboxylic acids is 1. The van der Waals surface area contributed by atoms with Crippen LogP contribution in [0.15, 0.2) is 12.2 Å². The molecule has 2 N–H and O–H groups in total. The van der Waals surface area contributed by atoms with Gasteiger partial charge in [0.2, 0.25) is 5.91 Å². The van der Waals surface area contributed by atoms with Gasteiger partial charge in [0.05, 0.1) is 0 Å². The number of carboxylic acid groups (broad SMARTS) is 1. The van der Waals surface area contributed by atoms with E-state index in [0.717, 1.165) is 0 Å². The molecular weight excluding hydrogens is 182 g/mol. The quantitative estimate of drug-likeness (QED) is 0.653. The van der Waals surface area contributed by atoms with Gasteiger partial charge in [-0.2, -0.15) is 0 Å². The largest absolute Gasteiger partial charge is 0.480 e. The molecule has 0 bridgehead atoms. The Morgan fingerprint density at radius 1 is 1.50 bits per heavy atom. The fourth-order valence-corrected chi connectivity index (χ4v) is 0.948. The highest BCUT2D eigenvalue weighted by molar-refractivity contribution is 5.94. The average molecular weight is 199 g/mol. The lowest BCUT2D eigenvalue weighted by Crippen LogP contribution is -2.45. The summed E-state index contributed by atoms with van der Waals surface area (Å²) in [5, 5.41) is 11.3. The van der Waals surface area contributed by atoms with Crippen LogP contribution in [0, 0.1) is 5.92 Å². The van der Waals surface area contributed by atoms with Crippen LogP contribution in [0.1, 0.15) is 27.2 Å². The summed E-state index contributed by atoms with van der Waals surface area (Å²) in [5.41, 5.74) is 0.319. The van der Waals surface area contributed by atoms with Crippen molar-refractivity contribution in [3.05, 3.63) is 12.2 Å². The van der Waals surface area contributed by atoms with Gasteiger partial charge in [0.25, 0.3) is 0 Å². The summed E-state index contributed by atoms with van der Waals surface area (Å²) in [6, 6.07) is -0.829. The summed E-state index contributed by atoms with van der Waals surface area (Å²) in [5.74, 6) is -1.50. The van der Waals surface area contributed by atoms with Crippen molar-refractivity contribution in [2.24, 2.45) is 5.92 Å². The number of hydrogen-bond acceptors (Lipinski definition) is 2. The Balaban J connectivity index is 4.46. The molecule has 0 saturated heterocycles. The number of aliphatic carboxylic acids is 1. The van der Waals surface area contributed by atoms with Crippen LogP contribution < -0.4 is 5.32 Å². The molecular formula is C10H17NO3. The maximum absolute atomic E-state index is 11.2. The maximum Gasteiger partial charge on any atom is 0.326 e. The van der Waals surface area contributed by atoms with Crippen molar-refractivity contribution in [2.45, 2.75) is 33.2 Å². The fraction of sp³-hybridized carbons (Fsp3) is 0.600. The highest BCUT2D eigenvalue weighted by Crippen LogP contribution is 2.08. The van der Waals surface area contributed by atoms with Gasteiger partial charge in [-0.3, -0.25) is 4.79 Å². The van der Waals surface area contributed by atoms with Crippen LogP contribution in [0.2, 0.25) is 0 Å². The Morgan fingerprint density at radius 2 is 2.00 bits per heavy atom. The molecule has 0 spiro atoms. The van der Waals surface area contributed by atoms with Crippen LogP contribution in [0.3, 0.4) is 0 Å². The molecule has 0 aromatic carbocycles. The molecule has 0 aliphatic carbocycles. The van der Waals surface area contributed by atoms with Crippen LogP contribution in [-0.2, 0) is 9.59 Å². The molecule has 1 amide bonds. The first-order valence-electron chi connectivity index (χ1n) is 4.59. The Hall–Kier alpha value is -1.32. The van der Waals surface area contributed by atoms with E-state index in [1.165, 1.54) is 0 Å². The van der Waals surface area contributed by atoms with Crippen LogP contribution in [-0.4, -0.2) is 23.0 Å². The SMILES string of the molecule is C=C(C)C(=O)N[C@H](C(=O)O)[C@@H](C)CC. The minimum absolute atomic E-state index is 0.0872. The number of hydrogen-bond donors (Lipinski definition) is 2. The van der Waals surface area contributed by atoms with E-state index in [-0.39, 0.29) is 5.92 Å². The van der Waals surface area contributed by atoms with E-state index in [4.69, 9.17) is 5.11 Å². The monoisotopic (exact) mass is 199 g/mol. The number of rotatable bonds is 5. The second kappa shape index (κ2) is 5.42. The minimum atomic E-state index is -1.01. The summed E-state index contributed by atoms with van der Waals surface area (Å²) in [4.78, 5) is 22.0. The molecule has 0 saturated carbocycles. The van der Waals surface area contributed by atoms with Crippen molar-refractivity contribution in [3.8, 4) is 0 Å². The van der Waals surface area contributed by atoms with Crippen molar-refractivity contribution in [1.82, 2.24) is 5.32 Å². The zero-order chi connectivity index (χ0) is 11.3. The molecule has 4 nitrogen and oxygen atoms in total. The van der Waals surface area contributed by atoms with E-state index < -0.39 is 17.9 Å². The highest BCUT2D eigenvalue weighted by Gasteiger charge is 2.25. The van der Waals surface area contributed by atoms with Gasteiger partial charge in [0.1, 0.15) is 6.04 Å². The van der Waals surface area contributed by atoms with E-state index in [0.29, 0.717) is 12.0 Å². The second-order valence-electron chi connectivity index (χ2n) is 3.46. The molecule has 0 fully saturated rings. The first kappa shape index (κ1) is 12.7. The molecule has 14 heavy (non-hydrogen) atoms. The van der Waals surface area contributed by atoms with Gasteiger partial charge in [0.15, 0.2) is 0 Å². The fourth-order valence-electron chi connectivity index (χ4n) is 0.948. The van der Waals surface area contributed by atoms with E-state index >= 15 is 0 Å². The smallest absolute Gasteiger partial charge is 0.326 e. The van der Waals surface area contributed by atoms with Gasteiger partial charge in [-0.05, 0) is 12.8 Å². The summed E-state index contributed by atoms with van der Waals surface area (Å²) in [6.45, 7) is 8.67. The van der Waals surface area contributed by atoms with Crippen molar-refractivity contribution in [1.29, 1.82) is 0 Å². The zero-order valence-corrected chi connectivity index (χ0v) is 8.83. The third-order valence-corrected chi connectivity index (χ3v) is 2.15. The zero-order valence-electron chi connectivity index (χ0n) is 8.83. The summed E-state index contributed by atoms with van der Waals surface area (Å²) in [6.07, 6.45) is 0.702. The lowest BCUT2D eigenvalue weighted by atomic mass is 9.99. The van der Waals surface area contributed by atoms with E-state index in [9.17, 15) is 9.59 Å². The third-order valence-electron chi connectivity index (χ3n) is 2.15. The predicted molar refractivity (Wildman–Crippen MR) is 53.8 cm³/mol. The Bertz CT molecular complexity index is 248. The molecule has 0 aromatic rings. The molecule has 0 aliphatic heterocycles. The molecule has 80 valence electrons. The topological polar surface area (TPSA) is 66.4 Å². The standard InChI is InChI=1S/C10H17NO3/c1-5-7(4)8(10(13)14)11-9(12)6(2)3/h7-8H,2,5H2,1,3-4H3,(H,11,12)(H,13,14)/t7-,8-/m0/s1. The van der Waals surface area contributed by atoms with Crippen LogP contribution in [0.5, 0.6) is 0 Å². The Morgan fingerprint density at radius 3 is 2.29 bits per heavy atom. The number of carbonyl (C=O) groups is 2. The Labute approximate surface area is 84.0 Å². The summed E-state index contributed by atoms with van der Waals surface area (Å²) in [7, 11) is 0. The maximum atomic E-state index is 11.2. The number of carbonyl (C=O) groups excluding carboxylic acids is 1. The second-order valence-corrected chi connectivity index (χ2v) is 3.46. The van der Waals surface area contributed by atoms with Gasteiger partial charge in [0, 0.05) is 5.57 Å². The van der Waals surface area contributed by atoms with Crippen LogP contribution in [0.4, 0.5) is 0 Å². The highest BCUT2D eigenvalue weighted by atomic mass is 16.4. The Kier molecular flexibility index (Phi) is 4.91. The van der Waals surface area contributed by atoms with Gasteiger partial charge in [-0.15, -0.1) is 0 Å². The third kappa shape index (κ3) is 3.60. The summed E-state index contributed by atoms with van der Waals surface area (Å²) < 4.78 is 0. The van der Waals surface area contributed by atoms with Crippen LogP contribution >= 0.6 is 0 Å². The van der Waals surface area contributed by atoms with E-state index in [2.05, 4.69) is 11.9 Å². The van der Waals surface area contributed by atoms with Gasteiger partial charge in [-0.25, -0.2) is 4.79 Å². The van der Waals surface area contributed by atoms with Crippen molar-refractivity contribution in [2.75, 3.05) is 0 Å². The van der Waals surface area contributed by atoms with Crippen molar-refractivity contribution < 1.29 is 14.7 Å². The van der Waals surface area contributed by atoms with Gasteiger partial charge >= 0.3 is 5.97 Å². The van der Waals surface area contributed by atoms with Crippen LogP contribution in [0.25, 0.3) is 0 Å². The molecule has 0 radical (unpaired) electrons. The van der Waals surface area contributed by atoms with E-state index in [1.54, 1.807) is 13.8 Å². The normalized spacial score (nSPS) is 14.2. The van der Waals surface area contributed by atoms with Crippen molar-refractivity contribution >= 4 is 11.9 Å². The molecule has 0 unspecified atom stereocenters. The van der Waals surface area contributed by atoms with Crippen molar-refractivity contribution in [3.63, 3.8) is 0 Å². The van der Waals surface area contributed by atoms with E-state index in [1.807, 2.05) is 6.92 Å². The van der Waals surface area contributed by atoms with Gasteiger partial charge < -0.3 is 10.4 Å². The minimum Gasteiger partial charge on any atom is -0.480 e. The molecule has 0 heterocycles. The lowest BCUT2D eigenvalue weighted by Gasteiger charge is -2.19. The summed E-state index contributed by atoms with van der Waals surface area (Å²) >= 11 is 0.